The van der Waals surface area contributed by atoms with Crippen LogP contribution in [0.15, 0.2) is 48.8 Å². The summed E-state index contributed by atoms with van der Waals surface area (Å²) in [4.78, 5) is 72.7. The van der Waals surface area contributed by atoms with Crippen LogP contribution in [0.1, 0.15) is 77.7 Å². The first-order chi connectivity index (χ1) is 27.3. The van der Waals surface area contributed by atoms with Crippen molar-refractivity contribution < 1.29 is 32.3 Å². The third-order valence-electron chi connectivity index (χ3n) is 10.9. The van der Waals surface area contributed by atoms with E-state index in [1.807, 2.05) is 36.4 Å². The van der Waals surface area contributed by atoms with Crippen molar-refractivity contribution >= 4 is 52.1 Å². The maximum atomic E-state index is 15.3. The molecule has 0 radical (unpaired) electrons. The molecule has 3 aromatic heterocycles. The van der Waals surface area contributed by atoms with E-state index in [2.05, 4.69) is 35.5 Å². The monoisotopic (exact) mass is 780 g/mol. The number of aromatic nitrogens is 5. The molecule has 2 aromatic carbocycles. The van der Waals surface area contributed by atoms with Crippen molar-refractivity contribution in [3.05, 3.63) is 88.8 Å². The van der Waals surface area contributed by atoms with Crippen LogP contribution in [-0.2, 0) is 16.1 Å². The summed E-state index contributed by atoms with van der Waals surface area (Å²) >= 11 is 0. The number of amides is 4. The molecule has 57 heavy (non-hydrogen) atoms. The molecule has 3 aliphatic rings. The topological polar surface area (TPSA) is 159 Å². The Hall–Kier alpha value is -6.23. The Morgan fingerprint density at radius 2 is 1.63 bits per heavy atom. The summed E-state index contributed by atoms with van der Waals surface area (Å²) in [6.45, 7) is 7.33. The van der Waals surface area contributed by atoms with E-state index in [1.165, 1.54) is 12.1 Å². The van der Waals surface area contributed by atoms with Gasteiger partial charge in [-0.3, -0.25) is 34.3 Å². The van der Waals surface area contributed by atoms with Gasteiger partial charge in [-0.1, -0.05) is 0 Å². The molecule has 2 fully saturated rings. The van der Waals surface area contributed by atoms with Gasteiger partial charge in [0.05, 0.1) is 34.7 Å². The molecular formula is C40H39F3N10O4. The lowest BCUT2D eigenvalue weighted by Gasteiger charge is -2.37. The fraction of sp³-hybridized carbons (Fsp3) is 0.350. The van der Waals surface area contributed by atoms with Gasteiger partial charge in [0.2, 0.25) is 17.8 Å². The molecule has 0 saturated carbocycles. The summed E-state index contributed by atoms with van der Waals surface area (Å²) < 4.78 is 47.4. The number of rotatable bonds is 9. The molecular weight excluding hydrogens is 741 g/mol. The van der Waals surface area contributed by atoms with E-state index in [4.69, 9.17) is 0 Å². The highest BCUT2D eigenvalue weighted by atomic mass is 19.1. The second-order valence-electron chi connectivity index (χ2n) is 14.9. The van der Waals surface area contributed by atoms with Crippen LogP contribution in [0.2, 0.25) is 0 Å². The number of halogens is 3. The Balaban J connectivity index is 0.892. The summed E-state index contributed by atoms with van der Waals surface area (Å²) in [5.74, 6) is -3.34. The summed E-state index contributed by atoms with van der Waals surface area (Å²) in [7, 11) is 1.89. The minimum absolute atomic E-state index is 0.00356. The Morgan fingerprint density at radius 1 is 0.895 bits per heavy atom. The van der Waals surface area contributed by atoms with Crippen molar-refractivity contribution in [3.8, 4) is 11.3 Å². The van der Waals surface area contributed by atoms with Crippen LogP contribution in [0.3, 0.4) is 0 Å². The van der Waals surface area contributed by atoms with Gasteiger partial charge < -0.3 is 14.8 Å². The van der Waals surface area contributed by atoms with Crippen LogP contribution >= 0.6 is 0 Å². The molecule has 0 spiro atoms. The summed E-state index contributed by atoms with van der Waals surface area (Å²) in [6, 6.07) is 8.01. The number of hydrogen-bond acceptors (Lipinski definition) is 11. The van der Waals surface area contributed by atoms with Gasteiger partial charge in [-0.05, 0) is 83.5 Å². The van der Waals surface area contributed by atoms with Crippen molar-refractivity contribution in [2.24, 2.45) is 0 Å². The third-order valence-corrected chi connectivity index (χ3v) is 10.9. The number of carbonyl (C=O) groups excluding carboxylic acids is 4. The molecule has 1 unspecified atom stereocenters. The van der Waals surface area contributed by atoms with Gasteiger partial charge in [0, 0.05) is 49.3 Å². The summed E-state index contributed by atoms with van der Waals surface area (Å²) in [5, 5.41) is 5.17. The first-order valence-corrected chi connectivity index (χ1v) is 18.7. The Labute approximate surface area is 325 Å². The Kier molecular flexibility index (Phi) is 9.71. The number of nitrogens with one attached hydrogen (secondary N) is 2. The molecule has 2 N–H and O–H groups in total. The number of imidazole rings is 1. The number of benzene rings is 2. The molecule has 4 amide bonds. The highest BCUT2D eigenvalue weighted by Crippen LogP contribution is 2.33. The number of aryl methyl sites for hydroxylation is 1. The zero-order chi connectivity index (χ0) is 40.3. The van der Waals surface area contributed by atoms with Gasteiger partial charge in [0.1, 0.15) is 34.7 Å². The first kappa shape index (κ1) is 37.7. The van der Waals surface area contributed by atoms with Crippen molar-refractivity contribution in [1.29, 1.82) is 0 Å². The SMILES string of the molecule is Cc1nc2c(F)cc(-c3nc(Nc4ccc(N5CCC(N(C)Cc6cc7c(cc6F)C(=O)N(C6CCC(=O)NC6=O)C7=O)CC5)cn4)ncc3F)cc2n1C(C)C. The van der Waals surface area contributed by atoms with Gasteiger partial charge in [-0.25, -0.2) is 33.1 Å². The number of nitrogens with zero attached hydrogens (tertiary/aromatic N) is 8. The van der Waals surface area contributed by atoms with Crippen molar-refractivity contribution in [3.63, 3.8) is 0 Å². The molecule has 294 valence electrons. The van der Waals surface area contributed by atoms with E-state index in [1.54, 1.807) is 25.3 Å². The number of pyridine rings is 1. The number of fused-ring (bicyclic) bond motifs is 2. The lowest BCUT2D eigenvalue weighted by atomic mass is 10.0. The zero-order valence-corrected chi connectivity index (χ0v) is 31.6. The lowest BCUT2D eigenvalue weighted by molar-refractivity contribution is -0.136. The van der Waals surface area contributed by atoms with Gasteiger partial charge in [-0.15, -0.1) is 0 Å². The quantitative estimate of drug-likeness (QED) is 0.184. The number of hydrogen-bond donors (Lipinski definition) is 2. The van der Waals surface area contributed by atoms with Crippen LogP contribution in [0.5, 0.6) is 0 Å². The maximum Gasteiger partial charge on any atom is 0.262 e. The van der Waals surface area contributed by atoms with Gasteiger partial charge in [0.15, 0.2) is 11.6 Å². The molecule has 14 nitrogen and oxygen atoms in total. The molecule has 0 aliphatic carbocycles. The van der Waals surface area contributed by atoms with Gasteiger partial charge in [0.25, 0.3) is 11.8 Å². The van der Waals surface area contributed by atoms with Gasteiger partial charge >= 0.3 is 0 Å². The molecule has 3 aliphatic heterocycles. The minimum atomic E-state index is -1.12. The fourth-order valence-electron chi connectivity index (χ4n) is 8.07. The minimum Gasteiger partial charge on any atom is -0.370 e. The Bertz CT molecular complexity index is 2460. The Morgan fingerprint density at radius 3 is 2.32 bits per heavy atom. The zero-order valence-electron chi connectivity index (χ0n) is 31.6. The van der Waals surface area contributed by atoms with E-state index in [9.17, 15) is 19.2 Å². The molecule has 8 rings (SSSR count). The van der Waals surface area contributed by atoms with E-state index >= 15 is 13.2 Å². The molecule has 2 saturated heterocycles. The second-order valence-corrected chi connectivity index (χ2v) is 14.9. The first-order valence-electron chi connectivity index (χ1n) is 18.7. The highest BCUT2D eigenvalue weighted by Gasteiger charge is 2.45. The second kappa shape index (κ2) is 14.7. The smallest absolute Gasteiger partial charge is 0.262 e. The van der Waals surface area contributed by atoms with Crippen LogP contribution in [-0.4, -0.2) is 90.2 Å². The number of carbonyl (C=O) groups is 4. The number of piperidine rings is 2. The predicted octanol–water partition coefficient (Wildman–Crippen LogP) is 5.44. The van der Waals surface area contributed by atoms with Gasteiger partial charge in [-0.2, -0.15) is 0 Å². The summed E-state index contributed by atoms with van der Waals surface area (Å²) in [5.41, 5.74) is 2.04. The molecule has 6 heterocycles. The van der Waals surface area contributed by atoms with E-state index in [-0.39, 0.29) is 70.9 Å². The molecule has 1 atom stereocenters. The van der Waals surface area contributed by atoms with E-state index in [0.717, 1.165) is 35.7 Å². The number of anilines is 3. The van der Waals surface area contributed by atoms with E-state index in [0.29, 0.717) is 30.2 Å². The van der Waals surface area contributed by atoms with Crippen molar-refractivity contribution in [1.82, 2.24) is 39.6 Å². The average molecular weight is 781 g/mol. The normalized spacial score (nSPS) is 17.7. The van der Waals surface area contributed by atoms with Crippen LogP contribution < -0.4 is 15.5 Å². The maximum absolute atomic E-state index is 15.3. The average Bonchev–Trinajstić information content (AvgIpc) is 3.64. The third kappa shape index (κ3) is 6.96. The van der Waals surface area contributed by atoms with Crippen molar-refractivity contribution in [2.45, 2.75) is 71.1 Å². The molecule has 0 bridgehead atoms. The largest absolute Gasteiger partial charge is 0.370 e. The lowest BCUT2D eigenvalue weighted by Crippen LogP contribution is -2.54. The van der Waals surface area contributed by atoms with Crippen LogP contribution in [0.4, 0.5) is 30.6 Å². The summed E-state index contributed by atoms with van der Waals surface area (Å²) in [6.07, 6.45) is 4.29. The molecule has 17 heteroatoms. The fourth-order valence-corrected chi connectivity index (χ4v) is 8.07. The van der Waals surface area contributed by atoms with E-state index < -0.39 is 47.1 Å². The highest BCUT2D eigenvalue weighted by molar-refractivity contribution is 6.23. The van der Waals surface area contributed by atoms with Crippen molar-refractivity contribution in [2.75, 3.05) is 30.4 Å². The standard InChI is InChI=1S/C40H39F3N10O4/c1-20(2)52-21(3)46-36-29(42)14-22(15-32(36)52)35-30(43)18-45-40(49-35)47-33-7-5-25(17-44-33)51-11-9-24(10-12-51)50(4)19-23-13-26-27(16-28(23)41)39(57)53(38(26)56)31-6-8-34(54)48-37(31)55/h5,7,13-18,20,24,31H,6,8-12,19H2,1-4H3,(H,48,54,55)(H,44,45,47,49). The number of imide groups is 2. The predicted molar refractivity (Wildman–Crippen MR) is 203 cm³/mol. The van der Waals surface area contributed by atoms with Crippen LogP contribution in [0.25, 0.3) is 22.3 Å². The van der Waals surface area contributed by atoms with Crippen LogP contribution in [0, 0.1) is 24.4 Å². The molecule has 5 aromatic rings.